The minimum absolute atomic E-state index is 0.579. The summed E-state index contributed by atoms with van der Waals surface area (Å²) in [5, 5.41) is 0. The minimum atomic E-state index is 0.579. The summed E-state index contributed by atoms with van der Waals surface area (Å²) in [5.74, 6) is 2.57. The molecule has 0 bridgehead atoms. The van der Waals surface area contributed by atoms with Crippen LogP contribution < -0.4 is 9.47 Å². The molecule has 0 unspecified atom stereocenters. The van der Waals surface area contributed by atoms with E-state index in [4.69, 9.17) is 9.47 Å². The highest BCUT2D eigenvalue weighted by molar-refractivity contribution is 5.29. The van der Waals surface area contributed by atoms with Gasteiger partial charge in [-0.1, -0.05) is 51.0 Å². The van der Waals surface area contributed by atoms with Crippen LogP contribution in [0.5, 0.6) is 11.5 Å². The van der Waals surface area contributed by atoms with Crippen molar-refractivity contribution in [3.63, 3.8) is 0 Å². The predicted octanol–water partition coefficient (Wildman–Crippen LogP) is 5.25. The van der Waals surface area contributed by atoms with E-state index in [-0.39, 0.29) is 0 Å². The number of hydrogen-bond donors (Lipinski definition) is 0. The Morgan fingerprint density at radius 1 is 0.773 bits per heavy atom. The molecule has 0 heterocycles. The molecule has 0 radical (unpaired) electrons. The predicted molar refractivity (Wildman–Crippen MR) is 91.5 cm³/mol. The highest BCUT2D eigenvalue weighted by Gasteiger charge is 2.05. The van der Waals surface area contributed by atoms with Crippen molar-refractivity contribution in [1.82, 2.24) is 0 Å². The standard InChI is InChI=1S/C20H26O2/c1-4-16(5-2)14-17-6-12-20(13-7-17)22-15-18-8-10-19(21-3)11-9-18/h6-13,16H,4-5,14-15H2,1-3H3. The molecule has 2 aromatic rings. The molecule has 118 valence electrons. The summed E-state index contributed by atoms with van der Waals surface area (Å²) in [6, 6.07) is 16.5. The van der Waals surface area contributed by atoms with Gasteiger partial charge in [-0.05, 0) is 47.7 Å². The van der Waals surface area contributed by atoms with E-state index in [0.717, 1.165) is 29.4 Å². The molecular formula is C20H26O2. The van der Waals surface area contributed by atoms with Crippen molar-refractivity contribution in [2.45, 2.75) is 39.7 Å². The van der Waals surface area contributed by atoms with Crippen molar-refractivity contribution in [3.05, 3.63) is 59.7 Å². The van der Waals surface area contributed by atoms with Crippen molar-refractivity contribution in [2.75, 3.05) is 7.11 Å². The molecule has 2 nitrogen and oxygen atoms in total. The molecule has 0 atom stereocenters. The van der Waals surface area contributed by atoms with Crippen LogP contribution in [0.4, 0.5) is 0 Å². The first kappa shape index (κ1) is 16.4. The van der Waals surface area contributed by atoms with Gasteiger partial charge in [-0.2, -0.15) is 0 Å². The monoisotopic (exact) mass is 298 g/mol. The Labute approximate surface area is 134 Å². The SMILES string of the molecule is CCC(CC)Cc1ccc(OCc2ccc(OC)cc2)cc1. The number of rotatable bonds is 8. The van der Waals surface area contributed by atoms with Gasteiger partial charge in [0.05, 0.1) is 7.11 Å². The van der Waals surface area contributed by atoms with Crippen LogP contribution in [0.25, 0.3) is 0 Å². The summed E-state index contributed by atoms with van der Waals surface area (Å²) >= 11 is 0. The largest absolute Gasteiger partial charge is 0.497 e. The lowest BCUT2D eigenvalue weighted by atomic mass is 9.95. The van der Waals surface area contributed by atoms with E-state index in [1.807, 2.05) is 24.3 Å². The van der Waals surface area contributed by atoms with Gasteiger partial charge >= 0.3 is 0 Å². The van der Waals surface area contributed by atoms with Crippen LogP contribution in [0.15, 0.2) is 48.5 Å². The normalized spacial score (nSPS) is 10.7. The molecule has 22 heavy (non-hydrogen) atoms. The zero-order valence-electron chi connectivity index (χ0n) is 13.8. The van der Waals surface area contributed by atoms with Crippen LogP contribution in [-0.4, -0.2) is 7.11 Å². The van der Waals surface area contributed by atoms with E-state index in [0.29, 0.717) is 6.61 Å². The third kappa shape index (κ3) is 4.80. The van der Waals surface area contributed by atoms with Gasteiger partial charge in [-0.25, -0.2) is 0 Å². The zero-order valence-corrected chi connectivity index (χ0v) is 13.8. The maximum atomic E-state index is 5.84. The summed E-state index contributed by atoms with van der Waals surface area (Å²) in [6.07, 6.45) is 3.64. The second-order valence-corrected chi connectivity index (χ2v) is 5.67. The lowest BCUT2D eigenvalue weighted by Gasteiger charge is -2.13. The fourth-order valence-corrected chi connectivity index (χ4v) is 2.52. The van der Waals surface area contributed by atoms with Gasteiger partial charge < -0.3 is 9.47 Å². The molecule has 0 aliphatic heterocycles. The van der Waals surface area contributed by atoms with E-state index in [1.54, 1.807) is 7.11 Å². The lowest BCUT2D eigenvalue weighted by molar-refractivity contribution is 0.306. The average molecular weight is 298 g/mol. The smallest absolute Gasteiger partial charge is 0.119 e. The summed E-state index contributed by atoms with van der Waals surface area (Å²) in [5.41, 5.74) is 2.53. The number of hydrogen-bond acceptors (Lipinski definition) is 2. The Kier molecular flexibility index (Phi) is 6.32. The Balaban J connectivity index is 1.87. The first-order chi connectivity index (χ1) is 10.7. The molecule has 0 aliphatic carbocycles. The molecule has 2 heteroatoms. The maximum Gasteiger partial charge on any atom is 0.119 e. The van der Waals surface area contributed by atoms with E-state index >= 15 is 0 Å². The van der Waals surface area contributed by atoms with Gasteiger partial charge in [0.15, 0.2) is 0 Å². The molecule has 2 aromatic carbocycles. The van der Waals surface area contributed by atoms with E-state index in [2.05, 4.69) is 38.1 Å². The van der Waals surface area contributed by atoms with Gasteiger partial charge in [-0.15, -0.1) is 0 Å². The third-order valence-corrected chi connectivity index (χ3v) is 4.17. The fraction of sp³-hybridized carbons (Fsp3) is 0.400. The van der Waals surface area contributed by atoms with Gasteiger partial charge in [0, 0.05) is 0 Å². The number of ether oxygens (including phenoxy) is 2. The molecule has 0 saturated heterocycles. The van der Waals surface area contributed by atoms with Crippen LogP contribution in [0.1, 0.15) is 37.8 Å². The molecule has 0 amide bonds. The maximum absolute atomic E-state index is 5.84. The van der Waals surface area contributed by atoms with E-state index < -0.39 is 0 Å². The first-order valence-corrected chi connectivity index (χ1v) is 8.09. The van der Waals surface area contributed by atoms with Crippen molar-refractivity contribution >= 4 is 0 Å². The molecular weight excluding hydrogens is 272 g/mol. The lowest BCUT2D eigenvalue weighted by Crippen LogP contribution is -2.01. The van der Waals surface area contributed by atoms with Crippen LogP contribution in [0.3, 0.4) is 0 Å². The number of benzene rings is 2. The fourth-order valence-electron chi connectivity index (χ4n) is 2.52. The summed E-state index contributed by atoms with van der Waals surface area (Å²) in [7, 11) is 1.68. The van der Waals surface area contributed by atoms with Crippen molar-refractivity contribution in [1.29, 1.82) is 0 Å². The minimum Gasteiger partial charge on any atom is -0.497 e. The molecule has 0 aliphatic rings. The van der Waals surface area contributed by atoms with Crippen LogP contribution in [-0.2, 0) is 13.0 Å². The summed E-state index contributed by atoms with van der Waals surface area (Å²) < 4.78 is 11.0. The molecule has 0 aromatic heterocycles. The van der Waals surface area contributed by atoms with Gasteiger partial charge in [-0.3, -0.25) is 0 Å². The molecule has 2 rings (SSSR count). The third-order valence-electron chi connectivity index (χ3n) is 4.17. The van der Waals surface area contributed by atoms with E-state index in [1.165, 1.54) is 18.4 Å². The van der Waals surface area contributed by atoms with Gasteiger partial charge in [0.2, 0.25) is 0 Å². The molecule has 0 N–H and O–H groups in total. The Bertz CT molecular complexity index is 539. The highest BCUT2D eigenvalue weighted by Crippen LogP contribution is 2.20. The van der Waals surface area contributed by atoms with Gasteiger partial charge in [0.25, 0.3) is 0 Å². The van der Waals surface area contributed by atoms with Crippen molar-refractivity contribution in [3.8, 4) is 11.5 Å². The molecule has 0 fully saturated rings. The van der Waals surface area contributed by atoms with Crippen molar-refractivity contribution in [2.24, 2.45) is 5.92 Å². The average Bonchev–Trinajstić information content (AvgIpc) is 2.59. The molecule has 0 saturated carbocycles. The van der Waals surface area contributed by atoms with Crippen LogP contribution in [0, 0.1) is 5.92 Å². The summed E-state index contributed by atoms with van der Waals surface area (Å²) in [4.78, 5) is 0. The Hall–Kier alpha value is -1.96. The van der Waals surface area contributed by atoms with Crippen LogP contribution >= 0.6 is 0 Å². The van der Waals surface area contributed by atoms with Crippen LogP contribution in [0.2, 0.25) is 0 Å². The first-order valence-electron chi connectivity index (χ1n) is 8.09. The topological polar surface area (TPSA) is 18.5 Å². The van der Waals surface area contributed by atoms with E-state index in [9.17, 15) is 0 Å². The quantitative estimate of drug-likeness (QED) is 0.662. The van der Waals surface area contributed by atoms with Gasteiger partial charge in [0.1, 0.15) is 18.1 Å². The van der Waals surface area contributed by atoms with Crippen molar-refractivity contribution < 1.29 is 9.47 Å². The Morgan fingerprint density at radius 3 is 1.86 bits per heavy atom. The second-order valence-electron chi connectivity index (χ2n) is 5.67. The second kappa shape index (κ2) is 8.47. The Morgan fingerprint density at radius 2 is 1.32 bits per heavy atom. The zero-order chi connectivity index (χ0) is 15.8. The highest BCUT2D eigenvalue weighted by atomic mass is 16.5. The summed E-state index contributed by atoms with van der Waals surface area (Å²) in [6.45, 7) is 5.11. The number of methoxy groups -OCH3 is 1. The molecule has 0 spiro atoms.